The third kappa shape index (κ3) is 8.73. The quantitative estimate of drug-likeness (QED) is 0.469. The van der Waals surface area contributed by atoms with Gasteiger partial charge in [0.15, 0.2) is 13.2 Å². The van der Waals surface area contributed by atoms with E-state index in [9.17, 15) is 31.2 Å². The lowest BCUT2D eigenvalue weighted by Crippen LogP contribution is -2.21. The molecule has 0 bridgehead atoms. The number of Topliss-reactive ketones (excluding diaryl/α,β-unsaturated/α-hetero) is 1. The summed E-state index contributed by atoms with van der Waals surface area (Å²) < 4.78 is 59.2. The van der Waals surface area contributed by atoms with Gasteiger partial charge in [-0.05, 0) is 36.4 Å². The van der Waals surface area contributed by atoms with E-state index in [1.54, 1.807) is 0 Å². The molecular weight excluding hydrogens is 464 g/mol. The zero-order valence-corrected chi connectivity index (χ0v) is 18.7. The third-order valence-electron chi connectivity index (χ3n) is 3.53. The molecule has 0 aliphatic rings. The summed E-state index contributed by atoms with van der Waals surface area (Å²) in [6.07, 6.45) is 1.91. The first kappa shape index (κ1) is 24.8. The molecule has 0 fully saturated rings. The molecule has 13 heteroatoms. The second-order valence-corrected chi connectivity index (χ2v) is 10.1. The molecular formula is C19H20N2O9S2. The number of ketones is 1. The van der Waals surface area contributed by atoms with Crippen molar-refractivity contribution in [3.8, 4) is 0 Å². The average molecular weight is 485 g/mol. The highest BCUT2D eigenvalue weighted by atomic mass is 32.2. The Labute approximate surface area is 184 Å². The highest BCUT2D eigenvalue weighted by Crippen LogP contribution is 2.14. The van der Waals surface area contributed by atoms with Gasteiger partial charge < -0.3 is 9.47 Å². The standard InChI is InChI=1S/C19H20N2O9S2/c1-31(25,26)20-15-7-3-5-13(9-15)18(23)29-11-17(22)12-30-19(24)14-6-4-8-16(10-14)21-32(2,27)28/h3-10,20-21H,11-12H2,1-2H3. The summed E-state index contributed by atoms with van der Waals surface area (Å²) in [6, 6.07) is 11.0. The molecule has 2 aromatic rings. The van der Waals surface area contributed by atoms with Gasteiger partial charge in [-0.15, -0.1) is 0 Å². The van der Waals surface area contributed by atoms with Crippen molar-refractivity contribution in [3.05, 3.63) is 59.7 Å². The van der Waals surface area contributed by atoms with Crippen molar-refractivity contribution in [3.63, 3.8) is 0 Å². The number of hydrogen-bond donors (Lipinski definition) is 2. The second kappa shape index (κ2) is 10.2. The zero-order valence-electron chi connectivity index (χ0n) is 17.0. The van der Waals surface area contributed by atoms with Crippen molar-refractivity contribution in [2.45, 2.75) is 0 Å². The number of benzene rings is 2. The van der Waals surface area contributed by atoms with E-state index in [0.29, 0.717) is 0 Å². The highest BCUT2D eigenvalue weighted by Gasteiger charge is 2.15. The number of nitrogens with one attached hydrogen (secondary N) is 2. The van der Waals surface area contributed by atoms with Crippen LogP contribution in [0.25, 0.3) is 0 Å². The molecule has 0 amide bonds. The van der Waals surface area contributed by atoms with E-state index in [0.717, 1.165) is 12.5 Å². The molecule has 0 heterocycles. The summed E-state index contributed by atoms with van der Waals surface area (Å²) in [7, 11) is -7.07. The van der Waals surface area contributed by atoms with Crippen LogP contribution in [0, 0.1) is 0 Å². The van der Waals surface area contributed by atoms with Crippen LogP contribution in [0.2, 0.25) is 0 Å². The molecule has 0 atom stereocenters. The van der Waals surface area contributed by atoms with Crippen molar-refractivity contribution >= 4 is 49.1 Å². The van der Waals surface area contributed by atoms with Crippen LogP contribution >= 0.6 is 0 Å². The number of hydrogen-bond acceptors (Lipinski definition) is 9. The monoisotopic (exact) mass is 484 g/mol. The Morgan fingerprint density at radius 3 is 1.44 bits per heavy atom. The summed E-state index contributed by atoms with van der Waals surface area (Å²) in [5.41, 5.74) is 0.321. The van der Waals surface area contributed by atoms with Gasteiger partial charge in [-0.25, -0.2) is 26.4 Å². The van der Waals surface area contributed by atoms with E-state index in [-0.39, 0.29) is 22.5 Å². The van der Waals surface area contributed by atoms with E-state index < -0.39 is 51.0 Å². The van der Waals surface area contributed by atoms with E-state index in [1.807, 2.05) is 0 Å². The molecule has 2 aromatic carbocycles. The number of carbonyl (C=O) groups excluding carboxylic acids is 3. The van der Waals surface area contributed by atoms with E-state index in [1.165, 1.54) is 48.5 Å². The first-order chi connectivity index (χ1) is 14.8. The Balaban J connectivity index is 1.87. The number of carbonyl (C=O) groups is 3. The lowest BCUT2D eigenvalue weighted by atomic mass is 10.2. The summed E-state index contributed by atoms with van der Waals surface area (Å²) in [6.45, 7) is -1.35. The molecule has 0 radical (unpaired) electrons. The fraction of sp³-hybridized carbons (Fsp3) is 0.211. The van der Waals surface area contributed by atoms with Crippen molar-refractivity contribution in [1.82, 2.24) is 0 Å². The fourth-order valence-corrected chi connectivity index (χ4v) is 3.46. The molecule has 0 aliphatic carbocycles. The summed E-state index contributed by atoms with van der Waals surface area (Å²) >= 11 is 0. The van der Waals surface area contributed by atoms with Crippen molar-refractivity contribution < 1.29 is 40.7 Å². The van der Waals surface area contributed by atoms with Gasteiger partial charge in [-0.2, -0.15) is 0 Å². The van der Waals surface area contributed by atoms with Gasteiger partial charge in [0.05, 0.1) is 23.6 Å². The number of anilines is 2. The number of ether oxygens (including phenoxy) is 2. The lowest BCUT2D eigenvalue weighted by molar-refractivity contribution is -0.125. The largest absolute Gasteiger partial charge is 0.454 e. The Kier molecular flexibility index (Phi) is 7.94. The molecule has 0 aliphatic heterocycles. The second-order valence-electron chi connectivity index (χ2n) is 6.60. The summed E-state index contributed by atoms with van der Waals surface area (Å²) in [5.74, 6) is -2.45. The maximum absolute atomic E-state index is 12.1. The maximum Gasteiger partial charge on any atom is 0.338 e. The average Bonchev–Trinajstić information content (AvgIpc) is 2.68. The van der Waals surface area contributed by atoms with E-state index in [4.69, 9.17) is 9.47 Å². The topological polar surface area (TPSA) is 162 Å². The normalized spacial score (nSPS) is 11.3. The summed E-state index contributed by atoms with van der Waals surface area (Å²) in [4.78, 5) is 36.0. The molecule has 0 spiro atoms. The smallest absolute Gasteiger partial charge is 0.338 e. The van der Waals surface area contributed by atoms with Crippen molar-refractivity contribution in [1.29, 1.82) is 0 Å². The molecule has 0 saturated heterocycles. The molecule has 2 rings (SSSR count). The van der Waals surface area contributed by atoms with Gasteiger partial charge in [-0.1, -0.05) is 12.1 Å². The fourth-order valence-electron chi connectivity index (χ4n) is 2.35. The van der Waals surface area contributed by atoms with E-state index in [2.05, 4.69) is 9.44 Å². The Morgan fingerprint density at radius 2 is 1.09 bits per heavy atom. The predicted molar refractivity (Wildman–Crippen MR) is 115 cm³/mol. The van der Waals surface area contributed by atoms with Crippen LogP contribution in [-0.2, 0) is 34.3 Å². The molecule has 11 nitrogen and oxygen atoms in total. The Morgan fingerprint density at radius 1 is 0.719 bits per heavy atom. The van der Waals surface area contributed by atoms with Crippen LogP contribution < -0.4 is 9.44 Å². The lowest BCUT2D eigenvalue weighted by Gasteiger charge is -2.08. The summed E-state index contributed by atoms with van der Waals surface area (Å²) in [5, 5.41) is 0. The number of sulfonamides is 2. The first-order valence-corrected chi connectivity index (χ1v) is 12.6. The minimum atomic E-state index is -3.53. The van der Waals surface area contributed by atoms with Crippen LogP contribution in [0.3, 0.4) is 0 Å². The molecule has 0 unspecified atom stereocenters. The van der Waals surface area contributed by atoms with Crippen molar-refractivity contribution in [2.24, 2.45) is 0 Å². The highest BCUT2D eigenvalue weighted by molar-refractivity contribution is 7.92. The minimum Gasteiger partial charge on any atom is -0.454 e. The van der Waals surface area contributed by atoms with Crippen LogP contribution in [0.5, 0.6) is 0 Å². The third-order valence-corrected chi connectivity index (χ3v) is 4.74. The maximum atomic E-state index is 12.1. The molecule has 2 N–H and O–H groups in total. The van der Waals surface area contributed by atoms with Crippen LogP contribution in [0.4, 0.5) is 11.4 Å². The van der Waals surface area contributed by atoms with Crippen LogP contribution in [0.15, 0.2) is 48.5 Å². The Bertz CT molecular complexity index is 1140. The van der Waals surface area contributed by atoms with Gasteiger partial charge in [0, 0.05) is 11.4 Å². The van der Waals surface area contributed by atoms with Gasteiger partial charge >= 0.3 is 11.9 Å². The van der Waals surface area contributed by atoms with Gasteiger partial charge in [-0.3, -0.25) is 14.2 Å². The zero-order chi connectivity index (χ0) is 23.9. The molecule has 172 valence electrons. The van der Waals surface area contributed by atoms with Gasteiger partial charge in [0.2, 0.25) is 25.8 Å². The first-order valence-electron chi connectivity index (χ1n) is 8.84. The predicted octanol–water partition coefficient (Wildman–Crippen LogP) is 1.01. The number of esters is 2. The molecule has 0 saturated carbocycles. The molecule has 32 heavy (non-hydrogen) atoms. The SMILES string of the molecule is CS(=O)(=O)Nc1cccc(C(=O)OCC(=O)COC(=O)c2cccc(NS(C)(=O)=O)c2)c1. The van der Waals surface area contributed by atoms with E-state index >= 15 is 0 Å². The van der Waals surface area contributed by atoms with Crippen LogP contribution in [0.1, 0.15) is 20.7 Å². The van der Waals surface area contributed by atoms with Crippen molar-refractivity contribution in [2.75, 3.05) is 35.2 Å². The Hall–Kier alpha value is -3.45. The van der Waals surface area contributed by atoms with Gasteiger partial charge in [0.25, 0.3) is 0 Å². The van der Waals surface area contributed by atoms with Gasteiger partial charge in [0.1, 0.15) is 0 Å². The number of rotatable bonds is 10. The van der Waals surface area contributed by atoms with Crippen LogP contribution in [-0.4, -0.2) is 60.3 Å². The molecule has 0 aromatic heterocycles. The minimum absolute atomic E-state index is 0.0126.